The normalized spacial score (nSPS) is 16.2. The van der Waals surface area contributed by atoms with Crippen LogP contribution in [0.25, 0.3) is 15.9 Å². The van der Waals surface area contributed by atoms with Crippen LogP contribution in [0.3, 0.4) is 0 Å². The number of thioether (sulfide) groups is 1. The number of benzene rings is 1. The minimum atomic E-state index is -0.0576. The van der Waals surface area contributed by atoms with Crippen LogP contribution in [0.4, 0.5) is 0 Å². The maximum Gasteiger partial charge on any atom is 0.267 e. The molecule has 1 N–H and O–H groups in total. The first kappa shape index (κ1) is 22.5. The summed E-state index contributed by atoms with van der Waals surface area (Å²) in [6.45, 7) is 0.742. The summed E-state index contributed by atoms with van der Waals surface area (Å²) in [7, 11) is 1.61. The first-order chi connectivity index (χ1) is 16.1. The van der Waals surface area contributed by atoms with Gasteiger partial charge in [0.15, 0.2) is 5.16 Å². The first-order valence-corrected chi connectivity index (χ1v) is 13.6. The van der Waals surface area contributed by atoms with E-state index in [1.165, 1.54) is 48.7 Å². The van der Waals surface area contributed by atoms with Gasteiger partial charge in [-0.05, 0) is 55.7 Å². The number of nitrogens with one attached hydrogen (secondary N) is 1. The maximum absolute atomic E-state index is 13.7. The molecule has 2 heterocycles. The summed E-state index contributed by atoms with van der Waals surface area (Å²) in [4.78, 5) is 33.3. The Bertz CT molecular complexity index is 1230. The highest BCUT2D eigenvalue weighted by Gasteiger charge is 2.24. The third-order valence-corrected chi connectivity index (χ3v) is 8.79. The molecular weight excluding hydrogens is 454 g/mol. The van der Waals surface area contributed by atoms with Crippen molar-refractivity contribution in [3.05, 3.63) is 45.1 Å². The van der Waals surface area contributed by atoms with Crippen molar-refractivity contribution in [2.75, 3.05) is 19.4 Å². The third-order valence-electron chi connectivity index (χ3n) is 6.66. The van der Waals surface area contributed by atoms with E-state index in [4.69, 9.17) is 9.72 Å². The molecule has 0 radical (unpaired) electrons. The molecule has 3 aromatic rings. The molecule has 0 saturated heterocycles. The zero-order chi connectivity index (χ0) is 22.8. The molecule has 1 fully saturated rings. The minimum absolute atomic E-state index is 0.00853. The molecule has 1 aromatic carbocycles. The second kappa shape index (κ2) is 9.89. The quantitative estimate of drug-likeness (QED) is 0.388. The number of fused-ring (bicyclic) bond motifs is 3. The molecule has 0 bridgehead atoms. The second-order valence-corrected chi connectivity index (χ2v) is 10.9. The van der Waals surface area contributed by atoms with Crippen LogP contribution in [0.1, 0.15) is 49.0 Å². The van der Waals surface area contributed by atoms with Crippen molar-refractivity contribution >= 4 is 39.2 Å². The van der Waals surface area contributed by atoms with Gasteiger partial charge in [-0.2, -0.15) is 0 Å². The molecule has 33 heavy (non-hydrogen) atoms. The number of nitrogens with zero attached hydrogens (tertiary/aromatic N) is 2. The molecular formula is C25H29N3O3S2. The van der Waals surface area contributed by atoms with Gasteiger partial charge in [-0.25, -0.2) is 4.98 Å². The zero-order valence-corrected chi connectivity index (χ0v) is 20.5. The standard InChI is InChI=1S/C25H29N3O3S2/c1-31-18-10-5-9-17(13-18)28-24(30)22-19-11-6-12-20(19)33-23(22)27-25(28)32-15-21(29)26-14-16-7-3-2-4-8-16/h5,9-10,13,16H,2-4,6-8,11-12,14-15H2,1H3,(H,26,29). The fraction of sp³-hybridized carbons (Fsp3) is 0.480. The van der Waals surface area contributed by atoms with Crippen LogP contribution in [-0.2, 0) is 17.6 Å². The summed E-state index contributed by atoms with van der Waals surface area (Å²) in [5.41, 5.74) is 1.81. The average Bonchev–Trinajstić information content (AvgIpc) is 3.43. The minimum Gasteiger partial charge on any atom is -0.497 e. The number of carbonyl (C=O) groups is 1. The largest absolute Gasteiger partial charge is 0.497 e. The Morgan fingerprint density at radius 3 is 2.91 bits per heavy atom. The van der Waals surface area contributed by atoms with Gasteiger partial charge in [0, 0.05) is 17.5 Å². The van der Waals surface area contributed by atoms with E-state index in [1.807, 2.05) is 24.3 Å². The number of hydrogen-bond donors (Lipinski definition) is 1. The summed E-state index contributed by atoms with van der Waals surface area (Å²) in [6.07, 6.45) is 9.26. The van der Waals surface area contributed by atoms with Gasteiger partial charge in [0.2, 0.25) is 5.91 Å². The molecule has 1 amide bonds. The number of hydrogen-bond acceptors (Lipinski definition) is 6. The number of ether oxygens (including phenoxy) is 1. The molecule has 5 rings (SSSR count). The molecule has 0 unspecified atom stereocenters. The van der Waals surface area contributed by atoms with Gasteiger partial charge >= 0.3 is 0 Å². The lowest BCUT2D eigenvalue weighted by molar-refractivity contribution is -0.118. The van der Waals surface area contributed by atoms with Crippen molar-refractivity contribution in [3.63, 3.8) is 0 Å². The lowest BCUT2D eigenvalue weighted by atomic mass is 9.89. The predicted molar refractivity (Wildman–Crippen MR) is 134 cm³/mol. The van der Waals surface area contributed by atoms with Crippen LogP contribution in [-0.4, -0.2) is 34.9 Å². The van der Waals surface area contributed by atoms with Gasteiger partial charge < -0.3 is 10.1 Å². The summed E-state index contributed by atoms with van der Waals surface area (Å²) in [5.74, 6) is 1.49. The predicted octanol–water partition coefficient (Wildman–Crippen LogP) is 4.73. The Hall–Kier alpha value is -2.32. The fourth-order valence-corrected chi connectivity index (χ4v) is 7.07. The number of aryl methyl sites for hydroxylation is 2. The van der Waals surface area contributed by atoms with Gasteiger partial charge in [0.05, 0.1) is 23.9 Å². The van der Waals surface area contributed by atoms with E-state index in [1.54, 1.807) is 23.0 Å². The number of carbonyl (C=O) groups excluding carboxylic acids is 1. The molecule has 0 spiro atoms. The van der Waals surface area contributed by atoms with E-state index >= 15 is 0 Å². The highest BCUT2D eigenvalue weighted by molar-refractivity contribution is 7.99. The SMILES string of the molecule is COc1cccc(-n2c(SCC(=O)NCC3CCCCC3)nc3sc4c(c3c2=O)CCC4)c1. The molecule has 6 nitrogen and oxygen atoms in total. The van der Waals surface area contributed by atoms with Gasteiger partial charge in [-0.15, -0.1) is 11.3 Å². The van der Waals surface area contributed by atoms with E-state index in [0.29, 0.717) is 22.5 Å². The van der Waals surface area contributed by atoms with E-state index < -0.39 is 0 Å². The molecule has 2 aliphatic carbocycles. The molecule has 8 heteroatoms. The summed E-state index contributed by atoms with van der Waals surface area (Å²) in [5, 5.41) is 4.38. The monoisotopic (exact) mass is 483 g/mol. The third kappa shape index (κ3) is 4.68. The Kier molecular flexibility index (Phi) is 6.74. The molecule has 0 atom stereocenters. The lowest BCUT2D eigenvalue weighted by Gasteiger charge is -2.21. The second-order valence-electron chi connectivity index (χ2n) is 8.87. The highest BCUT2D eigenvalue weighted by atomic mass is 32.2. The van der Waals surface area contributed by atoms with E-state index in [-0.39, 0.29) is 17.2 Å². The fourth-order valence-electron chi connectivity index (χ4n) is 4.93. The number of amides is 1. The summed E-state index contributed by atoms with van der Waals surface area (Å²) in [6, 6.07) is 7.45. The van der Waals surface area contributed by atoms with Crippen molar-refractivity contribution < 1.29 is 9.53 Å². The van der Waals surface area contributed by atoms with E-state index in [0.717, 1.165) is 41.6 Å². The van der Waals surface area contributed by atoms with Crippen molar-refractivity contribution in [2.45, 2.75) is 56.5 Å². The van der Waals surface area contributed by atoms with Crippen LogP contribution in [0.2, 0.25) is 0 Å². The Labute approximate surface area is 201 Å². The summed E-state index contributed by atoms with van der Waals surface area (Å²) >= 11 is 2.95. The average molecular weight is 484 g/mol. The topological polar surface area (TPSA) is 73.2 Å². The van der Waals surface area contributed by atoms with Gasteiger partial charge in [0.25, 0.3) is 5.56 Å². The van der Waals surface area contributed by atoms with Gasteiger partial charge in [0.1, 0.15) is 10.6 Å². The van der Waals surface area contributed by atoms with Crippen LogP contribution >= 0.6 is 23.1 Å². The molecule has 2 aliphatic rings. The highest BCUT2D eigenvalue weighted by Crippen LogP contribution is 2.36. The van der Waals surface area contributed by atoms with Crippen LogP contribution in [0, 0.1) is 5.92 Å². The van der Waals surface area contributed by atoms with Crippen molar-refractivity contribution in [3.8, 4) is 11.4 Å². The molecule has 2 aromatic heterocycles. The van der Waals surface area contributed by atoms with Crippen LogP contribution in [0.15, 0.2) is 34.2 Å². The number of aromatic nitrogens is 2. The maximum atomic E-state index is 13.7. The Balaban J connectivity index is 1.44. The van der Waals surface area contributed by atoms with Crippen LogP contribution < -0.4 is 15.6 Å². The van der Waals surface area contributed by atoms with Crippen LogP contribution in [0.5, 0.6) is 5.75 Å². The number of rotatable bonds is 7. The molecule has 1 saturated carbocycles. The number of methoxy groups -OCH3 is 1. The lowest BCUT2D eigenvalue weighted by Crippen LogP contribution is -2.31. The van der Waals surface area contributed by atoms with Crippen molar-refractivity contribution in [2.24, 2.45) is 5.92 Å². The molecule has 174 valence electrons. The van der Waals surface area contributed by atoms with E-state index in [2.05, 4.69) is 5.32 Å². The first-order valence-electron chi connectivity index (χ1n) is 11.8. The number of thiophene rings is 1. The van der Waals surface area contributed by atoms with Crippen molar-refractivity contribution in [1.82, 2.24) is 14.9 Å². The van der Waals surface area contributed by atoms with Crippen molar-refractivity contribution in [1.29, 1.82) is 0 Å². The van der Waals surface area contributed by atoms with Gasteiger partial charge in [-0.3, -0.25) is 14.2 Å². The zero-order valence-electron chi connectivity index (χ0n) is 18.9. The Morgan fingerprint density at radius 2 is 2.09 bits per heavy atom. The summed E-state index contributed by atoms with van der Waals surface area (Å²) < 4.78 is 7.03. The smallest absolute Gasteiger partial charge is 0.267 e. The van der Waals surface area contributed by atoms with E-state index in [9.17, 15) is 9.59 Å². The Morgan fingerprint density at radius 1 is 1.24 bits per heavy atom. The van der Waals surface area contributed by atoms with Gasteiger partial charge in [-0.1, -0.05) is 37.1 Å². The molecule has 0 aliphatic heterocycles.